The van der Waals surface area contributed by atoms with Crippen molar-refractivity contribution in [1.29, 1.82) is 0 Å². The molecule has 1 aliphatic rings. The molecule has 162 valence electrons. The summed E-state index contributed by atoms with van der Waals surface area (Å²) >= 11 is 0. The minimum absolute atomic E-state index is 0.634. The van der Waals surface area contributed by atoms with Crippen LogP contribution in [0.25, 0.3) is 0 Å². The lowest BCUT2D eigenvalue weighted by Gasteiger charge is -2.27. The molecule has 0 atom stereocenters. The Balaban J connectivity index is 1.60. The van der Waals surface area contributed by atoms with Gasteiger partial charge in [0.1, 0.15) is 18.2 Å². The first-order valence-corrected chi connectivity index (χ1v) is 11.1. The second-order valence-corrected chi connectivity index (χ2v) is 8.30. The van der Waals surface area contributed by atoms with Gasteiger partial charge in [-0.3, -0.25) is 0 Å². The van der Waals surface area contributed by atoms with Crippen LogP contribution < -0.4 is 14.5 Å². The average Bonchev–Trinajstić information content (AvgIpc) is 3.15. The highest BCUT2D eigenvalue weighted by Gasteiger charge is 2.26. The number of hydrogen-bond donors (Lipinski definition) is 0. The van der Waals surface area contributed by atoms with Crippen molar-refractivity contribution in [2.75, 3.05) is 36.0 Å². The summed E-state index contributed by atoms with van der Waals surface area (Å²) < 4.78 is 5.93. The molecule has 0 saturated heterocycles. The first-order chi connectivity index (χ1) is 15.0. The van der Waals surface area contributed by atoms with Crippen LogP contribution in [0.15, 0.2) is 42.5 Å². The van der Waals surface area contributed by atoms with Gasteiger partial charge < -0.3 is 14.5 Å². The average molecular weight is 417 g/mol. The van der Waals surface area contributed by atoms with Crippen LogP contribution in [0.5, 0.6) is 5.75 Å². The number of nitrogens with zero attached hydrogens (tertiary/aromatic N) is 4. The molecule has 0 spiro atoms. The number of rotatable bonds is 7. The maximum absolute atomic E-state index is 5.93. The highest BCUT2D eigenvalue weighted by atomic mass is 16.5. The Morgan fingerprint density at radius 3 is 2.39 bits per heavy atom. The van der Waals surface area contributed by atoms with E-state index in [4.69, 9.17) is 14.7 Å². The molecule has 0 bridgehead atoms. The first kappa shape index (κ1) is 21.2. The molecular formula is C26H32N4O. The summed E-state index contributed by atoms with van der Waals surface area (Å²) in [6, 6.07) is 14.5. The van der Waals surface area contributed by atoms with Crippen LogP contribution in [0.3, 0.4) is 0 Å². The maximum Gasteiger partial charge on any atom is 0.232 e. The first-order valence-electron chi connectivity index (χ1n) is 11.1. The molecule has 0 amide bonds. The van der Waals surface area contributed by atoms with E-state index in [1.165, 1.54) is 27.9 Å². The smallest absolute Gasteiger partial charge is 0.232 e. The fourth-order valence-electron chi connectivity index (χ4n) is 4.60. The van der Waals surface area contributed by atoms with Gasteiger partial charge in [-0.05, 0) is 64.3 Å². The van der Waals surface area contributed by atoms with Crippen molar-refractivity contribution in [1.82, 2.24) is 9.97 Å². The fourth-order valence-corrected chi connectivity index (χ4v) is 4.60. The Labute approximate surface area is 185 Å². The van der Waals surface area contributed by atoms with Gasteiger partial charge in [-0.15, -0.1) is 0 Å². The lowest BCUT2D eigenvalue weighted by molar-refractivity contribution is 0.324. The van der Waals surface area contributed by atoms with Crippen LogP contribution in [0, 0.1) is 27.7 Å². The lowest BCUT2D eigenvalue weighted by Crippen LogP contribution is -2.28. The topological polar surface area (TPSA) is 41.5 Å². The molecule has 0 saturated carbocycles. The molecule has 0 radical (unpaired) electrons. The monoisotopic (exact) mass is 416 g/mol. The molecule has 5 nitrogen and oxygen atoms in total. The third kappa shape index (κ3) is 4.36. The predicted molar refractivity (Wildman–Crippen MR) is 128 cm³/mol. The summed E-state index contributed by atoms with van der Waals surface area (Å²) in [6.45, 7) is 14.0. The Hall–Kier alpha value is -3.08. The minimum atomic E-state index is 0.634. The van der Waals surface area contributed by atoms with Crippen molar-refractivity contribution < 1.29 is 4.74 Å². The van der Waals surface area contributed by atoms with Gasteiger partial charge in [0.2, 0.25) is 5.95 Å². The van der Waals surface area contributed by atoms with E-state index in [0.717, 1.165) is 49.3 Å². The molecule has 3 aromatic rings. The number of fused-ring (bicyclic) bond motifs is 1. The van der Waals surface area contributed by atoms with Gasteiger partial charge in [0.25, 0.3) is 0 Å². The standard InChI is InChI=1S/C26H32N4O/c1-6-30(24-19(3)16-18(2)17-20(24)4)26-27-21(5)23-12-13-29(25(23)28-26)14-15-31-22-10-8-7-9-11-22/h7-11,16-17H,6,12-15H2,1-5H3. The van der Waals surface area contributed by atoms with Crippen LogP contribution in [0.2, 0.25) is 0 Å². The number of hydrogen-bond acceptors (Lipinski definition) is 5. The van der Waals surface area contributed by atoms with Crippen molar-refractivity contribution >= 4 is 17.5 Å². The van der Waals surface area contributed by atoms with Gasteiger partial charge in [0.15, 0.2) is 0 Å². The normalized spacial score (nSPS) is 12.7. The summed E-state index contributed by atoms with van der Waals surface area (Å²) in [5, 5.41) is 0. The number of aromatic nitrogens is 2. The van der Waals surface area contributed by atoms with Gasteiger partial charge in [0, 0.05) is 30.0 Å². The molecule has 1 aliphatic heterocycles. The zero-order valence-electron chi connectivity index (χ0n) is 19.3. The van der Waals surface area contributed by atoms with Gasteiger partial charge in [-0.25, -0.2) is 4.98 Å². The number of benzene rings is 2. The maximum atomic E-state index is 5.93. The molecule has 0 aliphatic carbocycles. The van der Waals surface area contributed by atoms with Crippen LogP contribution in [0.4, 0.5) is 17.5 Å². The molecule has 31 heavy (non-hydrogen) atoms. The van der Waals surface area contributed by atoms with Crippen molar-refractivity contribution in [2.24, 2.45) is 0 Å². The van der Waals surface area contributed by atoms with E-state index in [0.29, 0.717) is 6.61 Å². The van der Waals surface area contributed by atoms with Crippen LogP contribution >= 0.6 is 0 Å². The lowest BCUT2D eigenvalue weighted by atomic mass is 10.0. The third-order valence-corrected chi connectivity index (χ3v) is 5.95. The summed E-state index contributed by atoms with van der Waals surface area (Å²) in [4.78, 5) is 14.6. The number of para-hydroxylation sites is 1. The highest BCUT2D eigenvalue weighted by Crippen LogP contribution is 2.34. The summed E-state index contributed by atoms with van der Waals surface area (Å²) in [7, 11) is 0. The van der Waals surface area contributed by atoms with Crippen LogP contribution in [-0.2, 0) is 6.42 Å². The molecule has 0 N–H and O–H groups in total. The Morgan fingerprint density at radius 2 is 1.71 bits per heavy atom. The molecule has 4 rings (SSSR count). The molecule has 2 heterocycles. The zero-order chi connectivity index (χ0) is 22.0. The second kappa shape index (κ2) is 8.96. The largest absolute Gasteiger partial charge is 0.492 e. The number of aryl methyl sites for hydroxylation is 4. The van der Waals surface area contributed by atoms with Crippen molar-refractivity contribution in [2.45, 2.75) is 41.0 Å². The molecule has 0 fully saturated rings. The minimum Gasteiger partial charge on any atom is -0.492 e. The predicted octanol–water partition coefficient (Wildman–Crippen LogP) is 5.31. The summed E-state index contributed by atoms with van der Waals surface area (Å²) in [5.74, 6) is 2.74. The van der Waals surface area contributed by atoms with Crippen molar-refractivity contribution in [3.63, 3.8) is 0 Å². The molecule has 5 heteroatoms. The second-order valence-electron chi connectivity index (χ2n) is 8.30. The van der Waals surface area contributed by atoms with Crippen molar-refractivity contribution in [3.8, 4) is 5.75 Å². The van der Waals surface area contributed by atoms with Crippen LogP contribution in [0.1, 0.15) is 34.9 Å². The third-order valence-electron chi connectivity index (χ3n) is 5.95. The van der Waals surface area contributed by atoms with E-state index in [1.807, 2.05) is 30.3 Å². The summed E-state index contributed by atoms with van der Waals surface area (Å²) in [5.41, 5.74) is 7.35. The van der Waals surface area contributed by atoms with Gasteiger partial charge in [-0.1, -0.05) is 35.9 Å². The van der Waals surface area contributed by atoms with E-state index in [2.05, 4.69) is 56.6 Å². The molecular weight excluding hydrogens is 384 g/mol. The Kier molecular flexibility index (Phi) is 6.12. The van der Waals surface area contributed by atoms with E-state index >= 15 is 0 Å². The van der Waals surface area contributed by atoms with Crippen LogP contribution in [-0.4, -0.2) is 36.2 Å². The molecule has 1 aromatic heterocycles. The number of anilines is 3. The molecule has 0 unspecified atom stereocenters. The molecule has 2 aromatic carbocycles. The quantitative estimate of drug-likeness (QED) is 0.522. The van der Waals surface area contributed by atoms with Crippen molar-refractivity contribution in [3.05, 3.63) is 70.4 Å². The van der Waals surface area contributed by atoms with Gasteiger partial charge in [-0.2, -0.15) is 4.98 Å². The Morgan fingerprint density at radius 1 is 1.00 bits per heavy atom. The van der Waals surface area contributed by atoms with E-state index in [1.54, 1.807) is 0 Å². The zero-order valence-corrected chi connectivity index (χ0v) is 19.3. The van der Waals surface area contributed by atoms with E-state index in [-0.39, 0.29) is 0 Å². The van der Waals surface area contributed by atoms with Gasteiger partial charge >= 0.3 is 0 Å². The Bertz CT molecular complexity index is 1040. The SMILES string of the molecule is CCN(c1nc(C)c2c(n1)N(CCOc1ccccc1)CC2)c1c(C)cc(C)cc1C. The van der Waals surface area contributed by atoms with E-state index in [9.17, 15) is 0 Å². The number of ether oxygens (including phenoxy) is 1. The summed E-state index contributed by atoms with van der Waals surface area (Å²) in [6.07, 6.45) is 0.988. The van der Waals surface area contributed by atoms with E-state index < -0.39 is 0 Å². The van der Waals surface area contributed by atoms with Gasteiger partial charge in [0.05, 0.1) is 6.54 Å². The highest BCUT2D eigenvalue weighted by molar-refractivity contribution is 5.68. The fraction of sp³-hybridized carbons (Fsp3) is 0.385.